The maximum absolute atomic E-state index is 14.0. The number of amides is 3. The molecule has 1 unspecified atom stereocenters. The highest BCUT2D eigenvalue weighted by Crippen LogP contribution is 2.48. The molecule has 1 aromatic carbocycles. The lowest BCUT2D eigenvalue weighted by atomic mass is 9.67. The highest BCUT2D eigenvalue weighted by atomic mass is 16.5. The molecule has 1 atom stereocenters. The minimum atomic E-state index is -0.816. The summed E-state index contributed by atoms with van der Waals surface area (Å²) in [7, 11) is 0. The van der Waals surface area contributed by atoms with Crippen LogP contribution < -0.4 is 0 Å². The molecule has 180 valence electrons. The number of ether oxygens (including phenoxy) is 1. The number of likely N-dealkylation sites (tertiary alicyclic amines) is 1. The fourth-order valence-electron chi connectivity index (χ4n) is 5.82. The SMILES string of the molecule is Cc1noc(C)c1C(=O)N1CC2(C1)C(C(=O)N1CCOCC1)c1ccccc1C(=O)N2C(C)C. The quantitative estimate of drug-likeness (QED) is 0.687. The van der Waals surface area contributed by atoms with Crippen LogP contribution in [0.3, 0.4) is 0 Å². The van der Waals surface area contributed by atoms with Crippen LogP contribution in [0.5, 0.6) is 0 Å². The minimum Gasteiger partial charge on any atom is -0.378 e. The summed E-state index contributed by atoms with van der Waals surface area (Å²) >= 11 is 0. The smallest absolute Gasteiger partial charge is 0.259 e. The Balaban J connectivity index is 1.57. The van der Waals surface area contributed by atoms with Gasteiger partial charge in [-0.2, -0.15) is 0 Å². The van der Waals surface area contributed by atoms with E-state index >= 15 is 0 Å². The van der Waals surface area contributed by atoms with Crippen LogP contribution in [0.1, 0.15) is 57.5 Å². The fourth-order valence-corrected chi connectivity index (χ4v) is 5.82. The lowest BCUT2D eigenvalue weighted by molar-refractivity contribution is -0.146. The van der Waals surface area contributed by atoms with Crippen LogP contribution in [0.4, 0.5) is 0 Å². The van der Waals surface area contributed by atoms with E-state index in [-0.39, 0.29) is 36.9 Å². The van der Waals surface area contributed by atoms with Crippen molar-refractivity contribution in [3.05, 3.63) is 52.4 Å². The van der Waals surface area contributed by atoms with E-state index in [0.717, 1.165) is 5.56 Å². The molecule has 2 saturated heterocycles. The second kappa shape index (κ2) is 8.23. The fraction of sp³-hybridized carbons (Fsp3) is 0.520. The molecule has 34 heavy (non-hydrogen) atoms. The third-order valence-corrected chi connectivity index (χ3v) is 7.29. The number of aryl methyl sites for hydroxylation is 2. The Labute approximate surface area is 198 Å². The zero-order valence-corrected chi connectivity index (χ0v) is 20.0. The Kier molecular flexibility index (Phi) is 5.47. The molecule has 5 rings (SSSR count). The van der Waals surface area contributed by atoms with Gasteiger partial charge in [0.1, 0.15) is 11.3 Å². The van der Waals surface area contributed by atoms with Crippen LogP contribution in [0, 0.1) is 13.8 Å². The molecule has 0 bridgehead atoms. The summed E-state index contributed by atoms with van der Waals surface area (Å²) in [5.74, 6) is -0.389. The number of carbonyl (C=O) groups is 3. The molecule has 9 heteroatoms. The van der Waals surface area contributed by atoms with Crippen molar-refractivity contribution in [2.24, 2.45) is 0 Å². The van der Waals surface area contributed by atoms with Crippen molar-refractivity contribution in [1.29, 1.82) is 0 Å². The maximum atomic E-state index is 14.0. The molecule has 3 aliphatic rings. The van der Waals surface area contributed by atoms with Crippen molar-refractivity contribution in [1.82, 2.24) is 19.9 Å². The standard InChI is InChI=1S/C25H30N4O5/c1-15(2)29-22(30)19-8-6-5-7-18(19)21(24(32)27-9-11-33-12-10-27)25(29)13-28(14-25)23(31)20-16(3)26-34-17(20)4/h5-8,15,21H,9-14H2,1-4H3. The van der Waals surface area contributed by atoms with Crippen molar-refractivity contribution in [2.75, 3.05) is 39.4 Å². The summed E-state index contributed by atoms with van der Waals surface area (Å²) in [5, 5.41) is 3.91. The first-order valence-electron chi connectivity index (χ1n) is 11.8. The molecule has 2 fully saturated rings. The van der Waals surface area contributed by atoms with Crippen LogP contribution in [-0.4, -0.2) is 88.6 Å². The molecule has 3 amide bonds. The van der Waals surface area contributed by atoms with E-state index in [0.29, 0.717) is 48.9 Å². The lowest BCUT2D eigenvalue weighted by Crippen LogP contribution is -2.78. The van der Waals surface area contributed by atoms with Crippen molar-refractivity contribution in [3.63, 3.8) is 0 Å². The largest absolute Gasteiger partial charge is 0.378 e. The van der Waals surface area contributed by atoms with Gasteiger partial charge in [-0.15, -0.1) is 0 Å². The van der Waals surface area contributed by atoms with Crippen LogP contribution in [0.25, 0.3) is 0 Å². The van der Waals surface area contributed by atoms with Crippen molar-refractivity contribution in [3.8, 4) is 0 Å². The van der Waals surface area contributed by atoms with E-state index in [4.69, 9.17) is 9.26 Å². The van der Waals surface area contributed by atoms with Crippen molar-refractivity contribution >= 4 is 17.7 Å². The Bertz CT molecular complexity index is 1120. The Morgan fingerprint density at radius 1 is 1.09 bits per heavy atom. The first-order valence-corrected chi connectivity index (χ1v) is 11.8. The van der Waals surface area contributed by atoms with Gasteiger partial charge in [-0.25, -0.2) is 0 Å². The number of carbonyl (C=O) groups excluding carboxylic acids is 3. The molecule has 1 spiro atoms. The summed E-state index contributed by atoms with van der Waals surface area (Å²) in [4.78, 5) is 46.4. The molecule has 4 heterocycles. The number of hydrogen-bond donors (Lipinski definition) is 0. The summed E-state index contributed by atoms with van der Waals surface area (Å²) < 4.78 is 10.7. The van der Waals surface area contributed by atoms with Crippen LogP contribution >= 0.6 is 0 Å². The Hall–Kier alpha value is -3.20. The Morgan fingerprint density at radius 3 is 2.38 bits per heavy atom. The van der Waals surface area contributed by atoms with E-state index in [1.165, 1.54) is 0 Å². The lowest BCUT2D eigenvalue weighted by Gasteiger charge is -2.62. The molecule has 0 radical (unpaired) electrons. The number of rotatable bonds is 3. The first kappa shape index (κ1) is 22.6. The molecular weight excluding hydrogens is 436 g/mol. The van der Waals surface area contributed by atoms with Gasteiger partial charge in [-0.1, -0.05) is 23.4 Å². The summed E-state index contributed by atoms with van der Waals surface area (Å²) in [6, 6.07) is 7.24. The van der Waals surface area contributed by atoms with Gasteiger partial charge in [0.25, 0.3) is 11.8 Å². The van der Waals surface area contributed by atoms with Gasteiger partial charge in [0.15, 0.2) is 0 Å². The number of aromatic nitrogens is 1. The Morgan fingerprint density at radius 2 is 1.76 bits per heavy atom. The van der Waals surface area contributed by atoms with E-state index in [2.05, 4.69) is 5.16 Å². The number of benzene rings is 1. The molecular formula is C25H30N4O5. The van der Waals surface area contributed by atoms with E-state index in [1.54, 1.807) is 24.8 Å². The second-order valence-electron chi connectivity index (χ2n) is 9.69. The summed E-state index contributed by atoms with van der Waals surface area (Å²) in [5.41, 5.74) is 1.47. The van der Waals surface area contributed by atoms with Crippen LogP contribution in [0.2, 0.25) is 0 Å². The van der Waals surface area contributed by atoms with Gasteiger partial charge in [-0.05, 0) is 39.3 Å². The van der Waals surface area contributed by atoms with E-state index < -0.39 is 11.5 Å². The van der Waals surface area contributed by atoms with Crippen molar-refractivity contribution < 1.29 is 23.6 Å². The van der Waals surface area contributed by atoms with Gasteiger partial charge >= 0.3 is 0 Å². The number of hydrogen-bond acceptors (Lipinski definition) is 6. The van der Waals surface area contributed by atoms with Gasteiger partial charge in [-0.3, -0.25) is 14.4 Å². The van der Waals surface area contributed by atoms with Crippen LogP contribution in [0.15, 0.2) is 28.8 Å². The van der Waals surface area contributed by atoms with Crippen LogP contribution in [-0.2, 0) is 9.53 Å². The monoisotopic (exact) mass is 466 g/mol. The highest BCUT2D eigenvalue weighted by molar-refractivity contribution is 6.03. The van der Waals surface area contributed by atoms with Gasteiger partial charge in [0.05, 0.1) is 30.4 Å². The summed E-state index contributed by atoms with van der Waals surface area (Å²) in [6.45, 7) is 9.96. The average Bonchev–Trinajstić information content (AvgIpc) is 3.14. The van der Waals surface area contributed by atoms with Gasteiger partial charge in [0.2, 0.25) is 5.91 Å². The molecule has 0 saturated carbocycles. The number of nitrogens with zero attached hydrogens (tertiary/aromatic N) is 4. The topological polar surface area (TPSA) is 96.2 Å². The minimum absolute atomic E-state index is 0.0154. The molecule has 1 aromatic heterocycles. The number of morpholine rings is 1. The van der Waals surface area contributed by atoms with E-state index in [1.807, 2.05) is 41.8 Å². The molecule has 3 aliphatic heterocycles. The zero-order chi connectivity index (χ0) is 24.2. The maximum Gasteiger partial charge on any atom is 0.259 e. The van der Waals surface area contributed by atoms with Gasteiger partial charge < -0.3 is 24.0 Å². The molecule has 0 N–H and O–H groups in total. The third-order valence-electron chi connectivity index (χ3n) is 7.29. The number of fused-ring (bicyclic) bond motifs is 1. The molecule has 2 aromatic rings. The third kappa shape index (κ3) is 3.25. The summed E-state index contributed by atoms with van der Waals surface area (Å²) in [6.07, 6.45) is 0. The van der Waals surface area contributed by atoms with Crippen molar-refractivity contribution in [2.45, 2.75) is 45.2 Å². The molecule has 0 aliphatic carbocycles. The predicted molar refractivity (Wildman–Crippen MR) is 122 cm³/mol. The zero-order valence-electron chi connectivity index (χ0n) is 20.0. The normalized spacial score (nSPS) is 21.6. The second-order valence-corrected chi connectivity index (χ2v) is 9.69. The highest BCUT2D eigenvalue weighted by Gasteiger charge is 2.63. The predicted octanol–water partition coefficient (Wildman–Crippen LogP) is 1.99. The average molecular weight is 467 g/mol. The molecule has 9 nitrogen and oxygen atoms in total. The first-order chi connectivity index (χ1) is 16.3. The van der Waals surface area contributed by atoms with Gasteiger partial charge in [0, 0.05) is 37.8 Å². The van der Waals surface area contributed by atoms with E-state index in [9.17, 15) is 14.4 Å².